The van der Waals surface area contributed by atoms with Gasteiger partial charge in [0.2, 0.25) is 0 Å². The molecule has 0 saturated carbocycles. The monoisotopic (exact) mass is 294 g/mol. The van der Waals surface area contributed by atoms with Crippen molar-refractivity contribution in [3.63, 3.8) is 0 Å². The standard InChI is InChI=1S/C19H18OS/c1-21-18-10-8-16(9-11-18)19(20)13-14-6-7-15-4-2-3-5-17(15)12-14/h2-12,19-20H,13H2,1H3. The summed E-state index contributed by atoms with van der Waals surface area (Å²) in [6.07, 6.45) is 2.24. The summed E-state index contributed by atoms with van der Waals surface area (Å²) in [5, 5.41) is 12.9. The number of aliphatic hydroxyl groups excluding tert-OH is 1. The molecule has 0 aliphatic heterocycles. The zero-order valence-corrected chi connectivity index (χ0v) is 12.8. The van der Waals surface area contributed by atoms with Gasteiger partial charge < -0.3 is 5.11 Å². The van der Waals surface area contributed by atoms with Crippen molar-refractivity contribution in [3.8, 4) is 0 Å². The first-order valence-corrected chi connectivity index (χ1v) is 8.28. The highest BCUT2D eigenvalue weighted by atomic mass is 32.2. The van der Waals surface area contributed by atoms with E-state index in [2.05, 4.69) is 48.7 Å². The van der Waals surface area contributed by atoms with E-state index >= 15 is 0 Å². The Balaban J connectivity index is 1.79. The normalized spacial score (nSPS) is 12.5. The molecular weight excluding hydrogens is 276 g/mol. The van der Waals surface area contributed by atoms with Gasteiger partial charge in [-0.25, -0.2) is 0 Å². The molecule has 106 valence electrons. The molecule has 0 saturated heterocycles. The van der Waals surface area contributed by atoms with Gasteiger partial charge in [-0.2, -0.15) is 0 Å². The molecule has 2 heteroatoms. The lowest BCUT2D eigenvalue weighted by Crippen LogP contribution is -2.01. The van der Waals surface area contributed by atoms with Gasteiger partial charge in [0.05, 0.1) is 6.10 Å². The van der Waals surface area contributed by atoms with Crippen molar-refractivity contribution in [2.45, 2.75) is 17.4 Å². The van der Waals surface area contributed by atoms with Gasteiger partial charge in [-0.1, -0.05) is 54.6 Å². The predicted molar refractivity (Wildman–Crippen MR) is 90.8 cm³/mol. The lowest BCUT2D eigenvalue weighted by Gasteiger charge is -2.12. The van der Waals surface area contributed by atoms with E-state index < -0.39 is 6.10 Å². The molecule has 0 aromatic heterocycles. The molecule has 0 radical (unpaired) electrons. The molecule has 0 bridgehead atoms. The van der Waals surface area contributed by atoms with Gasteiger partial charge >= 0.3 is 0 Å². The Bertz CT molecular complexity index is 734. The van der Waals surface area contributed by atoms with Gasteiger partial charge in [0, 0.05) is 11.3 Å². The number of hydrogen-bond acceptors (Lipinski definition) is 2. The molecule has 3 aromatic carbocycles. The minimum atomic E-state index is -0.456. The SMILES string of the molecule is CSc1ccc(C(O)Cc2ccc3ccccc3c2)cc1. The molecule has 0 heterocycles. The lowest BCUT2D eigenvalue weighted by atomic mass is 9.99. The van der Waals surface area contributed by atoms with Crippen molar-refractivity contribution in [3.05, 3.63) is 77.9 Å². The van der Waals surface area contributed by atoms with Crippen LogP contribution in [-0.4, -0.2) is 11.4 Å². The summed E-state index contributed by atoms with van der Waals surface area (Å²) in [6, 6.07) is 22.8. The highest BCUT2D eigenvalue weighted by Crippen LogP contribution is 2.23. The van der Waals surface area contributed by atoms with E-state index in [1.807, 2.05) is 24.3 Å². The van der Waals surface area contributed by atoms with Gasteiger partial charge in [0.25, 0.3) is 0 Å². The van der Waals surface area contributed by atoms with Gasteiger partial charge in [0.15, 0.2) is 0 Å². The van der Waals surface area contributed by atoms with Crippen LogP contribution in [-0.2, 0) is 6.42 Å². The van der Waals surface area contributed by atoms with Crippen molar-refractivity contribution in [2.24, 2.45) is 0 Å². The smallest absolute Gasteiger partial charge is 0.0830 e. The van der Waals surface area contributed by atoms with Crippen molar-refractivity contribution in [1.29, 1.82) is 0 Å². The topological polar surface area (TPSA) is 20.2 Å². The van der Waals surface area contributed by atoms with E-state index in [1.54, 1.807) is 11.8 Å². The van der Waals surface area contributed by atoms with E-state index in [9.17, 15) is 5.11 Å². The van der Waals surface area contributed by atoms with Crippen molar-refractivity contribution < 1.29 is 5.11 Å². The van der Waals surface area contributed by atoms with E-state index in [1.165, 1.54) is 15.7 Å². The Hall–Kier alpha value is -1.77. The van der Waals surface area contributed by atoms with E-state index in [0.717, 1.165) is 11.1 Å². The Morgan fingerprint density at radius 1 is 0.905 bits per heavy atom. The summed E-state index contributed by atoms with van der Waals surface area (Å²) in [7, 11) is 0. The fourth-order valence-electron chi connectivity index (χ4n) is 2.53. The summed E-state index contributed by atoms with van der Waals surface area (Å²) in [4.78, 5) is 1.22. The molecule has 1 unspecified atom stereocenters. The fourth-order valence-corrected chi connectivity index (χ4v) is 2.94. The quantitative estimate of drug-likeness (QED) is 0.695. The zero-order valence-electron chi connectivity index (χ0n) is 12.0. The minimum Gasteiger partial charge on any atom is -0.388 e. The van der Waals surface area contributed by atoms with E-state index in [-0.39, 0.29) is 0 Å². The van der Waals surface area contributed by atoms with Crippen molar-refractivity contribution in [2.75, 3.05) is 6.26 Å². The molecule has 1 atom stereocenters. The van der Waals surface area contributed by atoms with Gasteiger partial charge in [-0.05, 0) is 40.3 Å². The van der Waals surface area contributed by atoms with Crippen LogP contribution in [0.25, 0.3) is 10.8 Å². The lowest BCUT2D eigenvalue weighted by molar-refractivity contribution is 0.178. The summed E-state index contributed by atoms with van der Waals surface area (Å²) in [5.41, 5.74) is 2.14. The Morgan fingerprint density at radius 2 is 1.62 bits per heavy atom. The third-order valence-electron chi connectivity index (χ3n) is 3.74. The predicted octanol–water partition coefficient (Wildman–Crippen LogP) is 4.84. The van der Waals surface area contributed by atoms with Crippen LogP contribution in [0, 0.1) is 0 Å². The Kier molecular flexibility index (Phi) is 4.28. The number of rotatable bonds is 4. The van der Waals surface area contributed by atoms with Crippen LogP contribution in [0.4, 0.5) is 0 Å². The van der Waals surface area contributed by atoms with Crippen LogP contribution in [0.1, 0.15) is 17.2 Å². The van der Waals surface area contributed by atoms with Gasteiger partial charge in [0.1, 0.15) is 0 Å². The molecule has 1 nitrogen and oxygen atoms in total. The highest BCUT2D eigenvalue weighted by molar-refractivity contribution is 7.98. The van der Waals surface area contributed by atoms with Crippen LogP contribution in [0.3, 0.4) is 0 Å². The van der Waals surface area contributed by atoms with Crippen LogP contribution in [0.2, 0.25) is 0 Å². The number of thioether (sulfide) groups is 1. The van der Waals surface area contributed by atoms with Crippen molar-refractivity contribution >= 4 is 22.5 Å². The molecular formula is C19H18OS. The molecule has 3 aromatic rings. The first-order valence-electron chi connectivity index (χ1n) is 7.06. The third kappa shape index (κ3) is 3.29. The molecule has 21 heavy (non-hydrogen) atoms. The molecule has 0 aliphatic rings. The second-order valence-corrected chi connectivity index (χ2v) is 6.05. The molecule has 1 N–H and O–H groups in total. The fraction of sp³-hybridized carbons (Fsp3) is 0.158. The van der Waals surface area contributed by atoms with E-state index in [4.69, 9.17) is 0 Å². The number of fused-ring (bicyclic) bond motifs is 1. The zero-order chi connectivity index (χ0) is 14.7. The number of hydrogen-bond donors (Lipinski definition) is 1. The maximum Gasteiger partial charge on any atom is 0.0830 e. The highest BCUT2D eigenvalue weighted by Gasteiger charge is 2.09. The second-order valence-electron chi connectivity index (χ2n) is 5.17. The number of aliphatic hydroxyl groups is 1. The average Bonchev–Trinajstić information content (AvgIpc) is 2.55. The first kappa shape index (κ1) is 14.2. The number of benzene rings is 3. The van der Waals surface area contributed by atoms with Crippen LogP contribution < -0.4 is 0 Å². The van der Waals surface area contributed by atoms with E-state index in [0.29, 0.717) is 6.42 Å². The largest absolute Gasteiger partial charge is 0.388 e. The molecule has 0 fully saturated rings. The maximum absolute atomic E-state index is 10.4. The Labute approximate surface area is 129 Å². The molecule has 0 spiro atoms. The minimum absolute atomic E-state index is 0.456. The summed E-state index contributed by atoms with van der Waals surface area (Å²) < 4.78 is 0. The van der Waals surface area contributed by atoms with Crippen molar-refractivity contribution in [1.82, 2.24) is 0 Å². The Morgan fingerprint density at radius 3 is 2.33 bits per heavy atom. The van der Waals surface area contributed by atoms with Gasteiger partial charge in [-0.3, -0.25) is 0 Å². The summed E-state index contributed by atoms with van der Waals surface area (Å²) in [6.45, 7) is 0. The first-order chi connectivity index (χ1) is 10.3. The van der Waals surface area contributed by atoms with Crippen LogP contribution in [0.5, 0.6) is 0 Å². The summed E-state index contributed by atoms with van der Waals surface area (Å²) in [5.74, 6) is 0. The average molecular weight is 294 g/mol. The summed E-state index contributed by atoms with van der Waals surface area (Å²) >= 11 is 1.71. The van der Waals surface area contributed by atoms with Crippen LogP contribution in [0.15, 0.2) is 71.6 Å². The third-order valence-corrected chi connectivity index (χ3v) is 4.49. The van der Waals surface area contributed by atoms with Gasteiger partial charge in [-0.15, -0.1) is 11.8 Å². The second kappa shape index (κ2) is 6.33. The maximum atomic E-state index is 10.4. The molecule has 0 amide bonds. The molecule has 0 aliphatic carbocycles. The molecule has 3 rings (SSSR count). The van der Waals surface area contributed by atoms with Crippen LogP contribution >= 0.6 is 11.8 Å².